The summed E-state index contributed by atoms with van der Waals surface area (Å²) in [5.41, 5.74) is 6.15. The van der Waals surface area contributed by atoms with Gasteiger partial charge in [0, 0.05) is 54.9 Å². The second-order valence-corrected chi connectivity index (χ2v) is 10.4. The van der Waals surface area contributed by atoms with Gasteiger partial charge in [0.25, 0.3) is 0 Å². The quantitative estimate of drug-likeness (QED) is 0.393. The average Bonchev–Trinajstić information content (AvgIpc) is 3.69. The Kier molecular flexibility index (Phi) is 4.86. The molecule has 2 amide bonds. The van der Waals surface area contributed by atoms with Gasteiger partial charge in [-0.15, -0.1) is 0 Å². The van der Waals surface area contributed by atoms with E-state index in [1.165, 1.54) is 5.69 Å². The molecule has 0 radical (unpaired) electrons. The standard InChI is InChI=1S/C29H29N7O/c1-19(27-32-23-9-5-6-10-25(23)34(27)2)31-28(37)35-13-11-29(18-35)12-14-36-26(29)16-24(33-36)21-15-20-7-3-4-8-22(20)30-17-21/h3-10,15-17,19H,11-14,18H2,1-2H3,(H,31,37). The monoisotopic (exact) mass is 491 g/mol. The van der Waals surface area contributed by atoms with E-state index in [2.05, 4.69) is 43.8 Å². The third-order valence-corrected chi connectivity index (χ3v) is 8.20. The number of aromatic nitrogens is 5. The number of rotatable bonds is 3. The highest BCUT2D eigenvalue weighted by Gasteiger charge is 2.47. The molecule has 5 heterocycles. The first-order chi connectivity index (χ1) is 18.0. The number of hydrogen-bond acceptors (Lipinski definition) is 4. The van der Waals surface area contributed by atoms with E-state index in [4.69, 9.17) is 10.1 Å². The Morgan fingerprint density at radius 2 is 1.81 bits per heavy atom. The topological polar surface area (TPSA) is 80.9 Å². The van der Waals surface area contributed by atoms with Crippen LogP contribution >= 0.6 is 0 Å². The molecule has 3 aromatic heterocycles. The maximum atomic E-state index is 13.3. The summed E-state index contributed by atoms with van der Waals surface area (Å²) in [7, 11) is 2.00. The first-order valence-electron chi connectivity index (χ1n) is 12.9. The lowest BCUT2D eigenvalue weighted by Gasteiger charge is -2.24. The highest BCUT2D eigenvalue weighted by Crippen LogP contribution is 2.44. The van der Waals surface area contributed by atoms with Crippen LogP contribution in [0.5, 0.6) is 0 Å². The molecule has 2 aliphatic heterocycles. The molecule has 0 saturated carbocycles. The number of carbonyl (C=O) groups excluding carboxylic acids is 1. The molecule has 37 heavy (non-hydrogen) atoms. The highest BCUT2D eigenvalue weighted by atomic mass is 16.2. The number of pyridine rings is 1. The first-order valence-corrected chi connectivity index (χ1v) is 12.9. The lowest BCUT2D eigenvalue weighted by molar-refractivity contribution is 0.201. The molecule has 8 nitrogen and oxygen atoms in total. The number of para-hydroxylation sites is 3. The van der Waals surface area contributed by atoms with Crippen LogP contribution in [0.25, 0.3) is 33.2 Å². The van der Waals surface area contributed by atoms with Crippen molar-refractivity contribution in [3.05, 3.63) is 78.4 Å². The molecule has 2 atom stereocenters. The normalized spacial score (nSPS) is 19.7. The van der Waals surface area contributed by atoms with Gasteiger partial charge >= 0.3 is 6.03 Å². The van der Waals surface area contributed by atoms with E-state index in [9.17, 15) is 4.79 Å². The van der Waals surface area contributed by atoms with Crippen LogP contribution in [0.2, 0.25) is 0 Å². The van der Waals surface area contributed by atoms with Gasteiger partial charge in [0.1, 0.15) is 5.82 Å². The SMILES string of the molecule is CC(NC(=O)N1CCC2(CCn3nc(-c4cnc5ccccc5c4)cc32)C1)c1nc2ccccc2n1C. The van der Waals surface area contributed by atoms with Crippen molar-refractivity contribution in [3.63, 3.8) is 0 Å². The zero-order valence-electron chi connectivity index (χ0n) is 21.1. The molecule has 1 fully saturated rings. The molecule has 0 bridgehead atoms. The number of amides is 2. The van der Waals surface area contributed by atoms with Crippen LogP contribution < -0.4 is 5.32 Å². The number of carbonyl (C=O) groups is 1. The van der Waals surface area contributed by atoms with E-state index < -0.39 is 0 Å². The predicted octanol–water partition coefficient (Wildman–Crippen LogP) is 4.80. The maximum Gasteiger partial charge on any atom is 0.318 e. The zero-order valence-corrected chi connectivity index (χ0v) is 21.1. The minimum Gasteiger partial charge on any atom is -0.329 e. The first kappa shape index (κ1) is 22.0. The van der Waals surface area contributed by atoms with Gasteiger partial charge in [-0.05, 0) is 50.1 Å². The fraction of sp³-hybridized carbons (Fsp3) is 0.310. The van der Waals surface area contributed by atoms with E-state index in [-0.39, 0.29) is 17.5 Å². The summed E-state index contributed by atoms with van der Waals surface area (Å²) in [4.78, 5) is 24.6. The number of urea groups is 1. The van der Waals surface area contributed by atoms with Crippen LogP contribution in [-0.2, 0) is 19.0 Å². The summed E-state index contributed by atoms with van der Waals surface area (Å²) in [5, 5.41) is 9.23. The molecule has 0 aliphatic carbocycles. The van der Waals surface area contributed by atoms with Crippen LogP contribution in [0.15, 0.2) is 66.9 Å². The number of nitrogens with one attached hydrogen (secondary N) is 1. The lowest BCUT2D eigenvalue weighted by Crippen LogP contribution is -2.41. The predicted molar refractivity (Wildman–Crippen MR) is 143 cm³/mol. The number of likely N-dealkylation sites (tertiary alicyclic amines) is 1. The van der Waals surface area contributed by atoms with E-state index in [0.717, 1.165) is 64.9 Å². The molecule has 7 rings (SSSR count). The van der Waals surface area contributed by atoms with Gasteiger partial charge in [0.05, 0.1) is 28.3 Å². The fourth-order valence-electron chi connectivity index (χ4n) is 6.17. The van der Waals surface area contributed by atoms with Crippen molar-refractivity contribution in [1.82, 2.24) is 34.5 Å². The Labute approximate surface area is 214 Å². The number of hydrogen-bond donors (Lipinski definition) is 1. The van der Waals surface area contributed by atoms with Gasteiger partial charge in [-0.25, -0.2) is 9.78 Å². The van der Waals surface area contributed by atoms with E-state index >= 15 is 0 Å². The largest absolute Gasteiger partial charge is 0.329 e. The van der Waals surface area contributed by atoms with Crippen LogP contribution in [0, 0.1) is 0 Å². The Morgan fingerprint density at radius 1 is 1.03 bits per heavy atom. The van der Waals surface area contributed by atoms with Crippen molar-refractivity contribution in [1.29, 1.82) is 0 Å². The smallest absolute Gasteiger partial charge is 0.318 e. The van der Waals surface area contributed by atoms with Gasteiger partial charge in [-0.2, -0.15) is 5.10 Å². The molecular formula is C29H29N7O. The van der Waals surface area contributed by atoms with Crippen LogP contribution in [-0.4, -0.2) is 48.3 Å². The highest BCUT2D eigenvalue weighted by molar-refractivity contribution is 5.83. The van der Waals surface area contributed by atoms with Crippen LogP contribution in [0.4, 0.5) is 4.79 Å². The Hall–Kier alpha value is -4.20. The van der Waals surface area contributed by atoms with Gasteiger partial charge in [0.15, 0.2) is 0 Å². The van der Waals surface area contributed by atoms with E-state index in [1.54, 1.807) is 0 Å². The third kappa shape index (κ3) is 3.50. The van der Waals surface area contributed by atoms with Gasteiger partial charge in [0.2, 0.25) is 0 Å². The van der Waals surface area contributed by atoms with Gasteiger partial charge in [-0.3, -0.25) is 9.67 Å². The Bertz CT molecular complexity index is 1670. The third-order valence-electron chi connectivity index (χ3n) is 8.20. The number of aryl methyl sites for hydroxylation is 2. The maximum absolute atomic E-state index is 13.3. The van der Waals surface area contributed by atoms with Gasteiger partial charge < -0.3 is 14.8 Å². The van der Waals surface area contributed by atoms with Crippen molar-refractivity contribution in [2.75, 3.05) is 13.1 Å². The molecule has 5 aromatic rings. The molecule has 2 aromatic carbocycles. The van der Waals surface area contributed by atoms with Crippen molar-refractivity contribution in [2.45, 2.75) is 37.8 Å². The second kappa shape index (κ2) is 8.16. The summed E-state index contributed by atoms with van der Waals surface area (Å²) in [6.07, 6.45) is 3.86. The summed E-state index contributed by atoms with van der Waals surface area (Å²) in [6, 6.07) is 20.3. The Morgan fingerprint density at radius 3 is 2.68 bits per heavy atom. The van der Waals surface area contributed by atoms with Crippen molar-refractivity contribution in [3.8, 4) is 11.3 Å². The molecule has 1 spiro atoms. The van der Waals surface area contributed by atoms with Crippen LogP contribution in [0.3, 0.4) is 0 Å². The zero-order chi connectivity index (χ0) is 25.1. The van der Waals surface area contributed by atoms with Crippen molar-refractivity contribution >= 4 is 28.0 Å². The number of benzene rings is 2. The fourth-order valence-corrected chi connectivity index (χ4v) is 6.17. The summed E-state index contributed by atoms with van der Waals surface area (Å²) < 4.78 is 4.19. The summed E-state index contributed by atoms with van der Waals surface area (Å²) >= 11 is 0. The molecule has 1 N–H and O–H groups in total. The molecule has 2 unspecified atom stereocenters. The number of fused-ring (bicyclic) bond motifs is 4. The minimum atomic E-state index is -0.192. The second-order valence-electron chi connectivity index (χ2n) is 10.4. The van der Waals surface area contributed by atoms with Gasteiger partial charge in [-0.1, -0.05) is 30.3 Å². The summed E-state index contributed by atoms with van der Waals surface area (Å²) in [6.45, 7) is 4.32. The summed E-state index contributed by atoms with van der Waals surface area (Å²) in [5.74, 6) is 0.857. The lowest BCUT2D eigenvalue weighted by atomic mass is 9.82. The van der Waals surface area contributed by atoms with Crippen molar-refractivity contribution in [2.24, 2.45) is 7.05 Å². The van der Waals surface area contributed by atoms with Crippen molar-refractivity contribution < 1.29 is 4.79 Å². The number of nitrogens with zero attached hydrogens (tertiary/aromatic N) is 6. The molecule has 8 heteroatoms. The van der Waals surface area contributed by atoms with E-state index in [0.29, 0.717) is 6.54 Å². The minimum absolute atomic E-state index is 0.0339. The van der Waals surface area contributed by atoms with E-state index in [1.807, 2.05) is 61.5 Å². The number of imidazole rings is 1. The molecule has 186 valence electrons. The molecule has 1 saturated heterocycles. The van der Waals surface area contributed by atoms with Crippen LogP contribution in [0.1, 0.15) is 37.3 Å². The Balaban J connectivity index is 1.10. The molecule has 2 aliphatic rings. The molecular weight excluding hydrogens is 462 g/mol. The average molecular weight is 492 g/mol.